The first-order valence-corrected chi connectivity index (χ1v) is 7.27. The fourth-order valence-corrected chi connectivity index (χ4v) is 3.14. The molecule has 0 radical (unpaired) electrons. The number of rotatable bonds is 3. The van der Waals surface area contributed by atoms with Crippen molar-refractivity contribution in [2.45, 2.75) is 43.7 Å². The fraction of sp³-hybridized carbons (Fsp3) is 0.625. The molecule has 5 heteroatoms. The van der Waals surface area contributed by atoms with Gasteiger partial charge in [-0.3, -0.25) is 0 Å². The molecule has 1 aromatic rings. The van der Waals surface area contributed by atoms with E-state index >= 15 is 0 Å². The molecule has 0 aromatic heterocycles. The fourth-order valence-electron chi connectivity index (χ4n) is 3.14. The summed E-state index contributed by atoms with van der Waals surface area (Å²) in [6.45, 7) is 2.48. The highest BCUT2D eigenvalue weighted by Gasteiger charge is 2.49. The molecule has 2 fully saturated rings. The third-order valence-electron chi connectivity index (χ3n) is 4.17. The van der Waals surface area contributed by atoms with E-state index in [1.54, 1.807) is 14.2 Å². The summed E-state index contributed by atoms with van der Waals surface area (Å²) in [6.07, 6.45) is -1.09. The third-order valence-corrected chi connectivity index (χ3v) is 4.17. The molecule has 0 aliphatic carbocycles. The molecule has 116 valence electrons. The summed E-state index contributed by atoms with van der Waals surface area (Å²) >= 11 is 0. The van der Waals surface area contributed by atoms with E-state index in [4.69, 9.17) is 23.7 Å². The van der Waals surface area contributed by atoms with Crippen molar-refractivity contribution in [3.63, 3.8) is 0 Å². The lowest BCUT2D eigenvalue weighted by Gasteiger charge is -2.48. The van der Waals surface area contributed by atoms with Crippen LogP contribution in [0.4, 0.5) is 0 Å². The lowest BCUT2D eigenvalue weighted by molar-refractivity contribution is -0.331. The minimum Gasteiger partial charge on any atom is -0.376 e. The Bertz CT molecular complexity index is 451. The number of ether oxygens (including phenoxy) is 5. The topological polar surface area (TPSA) is 46.2 Å². The highest BCUT2D eigenvalue weighted by Crippen LogP contribution is 2.35. The molecule has 2 aliphatic heterocycles. The maximum atomic E-state index is 6.11. The second-order valence-corrected chi connectivity index (χ2v) is 5.46. The number of hydrogen-bond donors (Lipinski definition) is 0. The van der Waals surface area contributed by atoms with Gasteiger partial charge in [0.1, 0.15) is 24.4 Å². The van der Waals surface area contributed by atoms with Gasteiger partial charge in [0.2, 0.25) is 0 Å². The Labute approximate surface area is 125 Å². The summed E-state index contributed by atoms with van der Waals surface area (Å²) in [6, 6.07) is 9.90. The van der Waals surface area contributed by atoms with Crippen LogP contribution in [0.1, 0.15) is 18.8 Å². The van der Waals surface area contributed by atoms with Crippen LogP contribution in [0.5, 0.6) is 0 Å². The lowest BCUT2D eigenvalue weighted by Crippen LogP contribution is -2.62. The average Bonchev–Trinajstić information content (AvgIpc) is 2.54. The molecule has 0 amide bonds. The number of hydrogen-bond acceptors (Lipinski definition) is 5. The van der Waals surface area contributed by atoms with Crippen molar-refractivity contribution < 1.29 is 23.7 Å². The Hall–Kier alpha value is -0.980. The van der Waals surface area contributed by atoms with E-state index in [0.717, 1.165) is 5.56 Å². The molecule has 0 spiro atoms. The van der Waals surface area contributed by atoms with Gasteiger partial charge in [0, 0.05) is 19.8 Å². The predicted octanol–water partition coefficient (Wildman–Crippen LogP) is 1.92. The minimum absolute atomic E-state index is 0.0540. The molecule has 0 saturated carbocycles. The Kier molecular flexibility index (Phi) is 4.57. The van der Waals surface area contributed by atoms with Crippen LogP contribution < -0.4 is 0 Å². The second-order valence-electron chi connectivity index (χ2n) is 5.46. The maximum absolute atomic E-state index is 6.11. The molecule has 0 bridgehead atoms. The summed E-state index contributed by atoms with van der Waals surface area (Å²) < 4.78 is 29.0. The zero-order valence-corrected chi connectivity index (χ0v) is 12.6. The molecule has 6 atom stereocenters. The first-order valence-electron chi connectivity index (χ1n) is 7.27. The molecule has 1 aromatic carbocycles. The molecular formula is C16H22O5. The molecular weight excluding hydrogens is 272 g/mol. The van der Waals surface area contributed by atoms with Crippen LogP contribution >= 0.6 is 0 Å². The summed E-state index contributed by atoms with van der Waals surface area (Å²) in [5.74, 6) is 0. The summed E-state index contributed by atoms with van der Waals surface area (Å²) in [5, 5.41) is 0. The Morgan fingerprint density at radius 2 is 1.71 bits per heavy atom. The second kappa shape index (κ2) is 6.42. The average molecular weight is 294 g/mol. The number of benzene rings is 1. The van der Waals surface area contributed by atoms with E-state index in [9.17, 15) is 0 Å². The van der Waals surface area contributed by atoms with E-state index in [0.29, 0.717) is 6.61 Å². The van der Waals surface area contributed by atoms with Crippen molar-refractivity contribution in [1.29, 1.82) is 0 Å². The van der Waals surface area contributed by atoms with Crippen molar-refractivity contribution >= 4 is 0 Å². The monoisotopic (exact) mass is 294 g/mol. The standard InChI is InChI=1S/C16H22O5/c1-10-13(17-2)15(18-3)14-12(20-10)9-19-16(21-14)11-7-5-4-6-8-11/h4-8,10,12-16H,9H2,1-3H3/t10-,12+,13-,14+,15+,16+/m0/s1. The first kappa shape index (κ1) is 14.9. The first-order chi connectivity index (χ1) is 10.2. The van der Waals surface area contributed by atoms with E-state index in [-0.39, 0.29) is 36.8 Å². The highest BCUT2D eigenvalue weighted by molar-refractivity contribution is 5.16. The summed E-state index contributed by atoms with van der Waals surface area (Å²) in [7, 11) is 3.35. The number of methoxy groups -OCH3 is 2. The third kappa shape index (κ3) is 2.84. The normalized spacial score (nSPS) is 39.8. The lowest BCUT2D eigenvalue weighted by atomic mass is 9.94. The van der Waals surface area contributed by atoms with Crippen LogP contribution in [0.3, 0.4) is 0 Å². The quantitative estimate of drug-likeness (QED) is 0.852. The van der Waals surface area contributed by atoms with Crippen LogP contribution in [-0.4, -0.2) is 51.3 Å². The van der Waals surface area contributed by atoms with Gasteiger partial charge in [-0.25, -0.2) is 0 Å². The van der Waals surface area contributed by atoms with Gasteiger partial charge in [0.25, 0.3) is 0 Å². The van der Waals surface area contributed by atoms with Gasteiger partial charge >= 0.3 is 0 Å². The van der Waals surface area contributed by atoms with Crippen LogP contribution in [-0.2, 0) is 23.7 Å². The van der Waals surface area contributed by atoms with Gasteiger partial charge in [0.05, 0.1) is 12.7 Å². The van der Waals surface area contributed by atoms with Crippen molar-refractivity contribution in [3.05, 3.63) is 35.9 Å². The van der Waals surface area contributed by atoms with Crippen LogP contribution in [0.15, 0.2) is 30.3 Å². The van der Waals surface area contributed by atoms with Crippen molar-refractivity contribution in [3.8, 4) is 0 Å². The summed E-state index contributed by atoms with van der Waals surface area (Å²) in [5.41, 5.74) is 0.999. The maximum Gasteiger partial charge on any atom is 0.184 e. The van der Waals surface area contributed by atoms with Gasteiger partial charge < -0.3 is 23.7 Å². The Balaban J connectivity index is 1.78. The van der Waals surface area contributed by atoms with Crippen molar-refractivity contribution in [2.75, 3.05) is 20.8 Å². The minimum atomic E-state index is -0.389. The van der Waals surface area contributed by atoms with Gasteiger partial charge in [-0.05, 0) is 6.92 Å². The molecule has 2 aliphatic rings. The zero-order valence-electron chi connectivity index (χ0n) is 12.6. The molecule has 0 N–H and O–H groups in total. The van der Waals surface area contributed by atoms with E-state index < -0.39 is 0 Å². The van der Waals surface area contributed by atoms with E-state index in [1.807, 2.05) is 37.3 Å². The number of fused-ring (bicyclic) bond motifs is 1. The molecule has 21 heavy (non-hydrogen) atoms. The largest absolute Gasteiger partial charge is 0.376 e. The molecule has 2 saturated heterocycles. The van der Waals surface area contributed by atoms with E-state index in [2.05, 4.69) is 0 Å². The smallest absolute Gasteiger partial charge is 0.184 e. The zero-order chi connectivity index (χ0) is 14.8. The van der Waals surface area contributed by atoms with E-state index in [1.165, 1.54) is 0 Å². The van der Waals surface area contributed by atoms with Crippen LogP contribution in [0, 0.1) is 0 Å². The highest BCUT2D eigenvalue weighted by atomic mass is 16.7. The van der Waals surface area contributed by atoms with Gasteiger partial charge in [-0.1, -0.05) is 30.3 Å². The molecule has 2 heterocycles. The molecule has 0 unspecified atom stereocenters. The Morgan fingerprint density at radius 3 is 2.38 bits per heavy atom. The van der Waals surface area contributed by atoms with Crippen LogP contribution in [0.25, 0.3) is 0 Å². The SMILES string of the molecule is CO[C@@H]1[C@@H](OC)[C@H](C)O[C@@H]2CO[C@@H](c3ccccc3)O[C@@H]12. The summed E-state index contributed by atoms with van der Waals surface area (Å²) in [4.78, 5) is 0. The van der Waals surface area contributed by atoms with Crippen molar-refractivity contribution in [2.24, 2.45) is 0 Å². The molecule has 5 nitrogen and oxygen atoms in total. The van der Waals surface area contributed by atoms with Gasteiger partial charge in [0.15, 0.2) is 6.29 Å². The van der Waals surface area contributed by atoms with Crippen molar-refractivity contribution in [1.82, 2.24) is 0 Å². The van der Waals surface area contributed by atoms with Gasteiger partial charge in [-0.15, -0.1) is 0 Å². The van der Waals surface area contributed by atoms with Crippen LogP contribution in [0.2, 0.25) is 0 Å². The predicted molar refractivity (Wildman–Crippen MR) is 75.9 cm³/mol. The Morgan fingerprint density at radius 1 is 1.00 bits per heavy atom. The molecule has 3 rings (SSSR count). The van der Waals surface area contributed by atoms with Gasteiger partial charge in [-0.2, -0.15) is 0 Å².